The minimum atomic E-state index is -0.859. The number of fused-ring (bicyclic) bond motifs is 2. The second-order valence-corrected chi connectivity index (χ2v) is 13.3. The minimum absolute atomic E-state index is 0.0557. The third kappa shape index (κ3) is 3.63. The number of amides is 1. The van der Waals surface area contributed by atoms with E-state index in [0.717, 1.165) is 44.1 Å². The lowest BCUT2D eigenvalue weighted by Gasteiger charge is -2.61. The average Bonchev–Trinajstić information content (AvgIpc) is 2.79. The van der Waals surface area contributed by atoms with Crippen LogP contribution in [0.2, 0.25) is 0 Å². The molecule has 0 heterocycles. The number of nitrogens with one attached hydrogen (secondary N) is 1. The number of benzene rings is 1. The van der Waals surface area contributed by atoms with E-state index in [1.54, 1.807) is 12.1 Å². The molecule has 9 heteroatoms. The molecule has 0 aromatic heterocycles. The SMILES string of the molecule is CC1(C)[C@@H]2C[C@H]1[C@H](c1c(O)cc([C@]34CC5CC(C[C@@](C(=O)NCCO[N+](=O)[O-])(C5)C3)C4)cc1O)CC2=O. The van der Waals surface area contributed by atoms with Crippen molar-refractivity contribution in [1.82, 2.24) is 5.32 Å². The Balaban J connectivity index is 1.28. The summed E-state index contributed by atoms with van der Waals surface area (Å²) in [6.07, 6.45) is 6.32. The van der Waals surface area contributed by atoms with Gasteiger partial charge in [0, 0.05) is 30.4 Å². The fourth-order valence-corrected chi connectivity index (χ4v) is 9.64. The molecule has 3 N–H and O–H groups in total. The number of phenolic OH excluding ortho intramolecular Hbond substituents is 2. The molecule has 0 radical (unpaired) electrons. The number of nitrogens with zero attached hydrogens (tertiary/aromatic N) is 1. The summed E-state index contributed by atoms with van der Waals surface area (Å²) in [7, 11) is 0. The van der Waals surface area contributed by atoms with Crippen LogP contribution in [-0.4, -0.2) is 40.1 Å². The molecule has 7 aliphatic carbocycles. The van der Waals surface area contributed by atoms with E-state index in [0.29, 0.717) is 30.2 Å². The van der Waals surface area contributed by atoms with Crippen molar-refractivity contribution in [3.8, 4) is 11.5 Å². The smallest absolute Gasteiger partial charge is 0.294 e. The third-order valence-electron chi connectivity index (χ3n) is 10.9. The normalized spacial score (nSPS) is 38.6. The fourth-order valence-electron chi connectivity index (χ4n) is 9.64. The summed E-state index contributed by atoms with van der Waals surface area (Å²) in [5.41, 5.74) is 0.388. The monoisotopic (exact) mass is 512 g/mol. The number of carbonyl (C=O) groups is 2. The van der Waals surface area contributed by atoms with Crippen LogP contribution in [0, 0.1) is 44.6 Å². The Morgan fingerprint density at radius 3 is 2.35 bits per heavy atom. The lowest BCUT2D eigenvalue weighted by molar-refractivity contribution is -0.757. The third-order valence-corrected chi connectivity index (χ3v) is 10.9. The number of hydrogen-bond acceptors (Lipinski definition) is 7. The van der Waals surface area contributed by atoms with Crippen molar-refractivity contribution in [3.63, 3.8) is 0 Å². The van der Waals surface area contributed by atoms with Crippen LogP contribution >= 0.6 is 0 Å². The molecule has 1 aromatic carbocycles. The molecule has 7 fully saturated rings. The molecule has 0 saturated heterocycles. The van der Waals surface area contributed by atoms with Crippen molar-refractivity contribution in [2.24, 2.45) is 34.5 Å². The maximum absolute atomic E-state index is 13.4. The summed E-state index contributed by atoms with van der Waals surface area (Å²) < 4.78 is 0. The lowest BCUT2D eigenvalue weighted by Crippen LogP contribution is -2.59. The van der Waals surface area contributed by atoms with Crippen LogP contribution in [0.1, 0.15) is 82.3 Å². The average molecular weight is 513 g/mol. The molecule has 7 saturated carbocycles. The van der Waals surface area contributed by atoms with Gasteiger partial charge in [-0.25, -0.2) is 0 Å². The van der Waals surface area contributed by atoms with E-state index in [9.17, 15) is 29.9 Å². The second kappa shape index (κ2) is 8.08. The standard InChI is InChI=1S/C28H36N2O7/c1-26(2)19-9-20(26)21(31)8-18(19)24-22(32)6-17(7-23(24)33)27-10-15-5-16(11-27)13-28(12-15,14-27)25(34)29-3-4-37-30(35)36/h6-7,15-16,18-20,32-33H,3-5,8-14H2,1-2H3,(H,29,34)/t15?,16?,18-,19+,20-,27-,28-/m1/s1. The van der Waals surface area contributed by atoms with Gasteiger partial charge in [0.2, 0.25) is 5.91 Å². The van der Waals surface area contributed by atoms with E-state index in [1.807, 2.05) is 0 Å². The van der Waals surface area contributed by atoms with Gasteiger partial charge in [-0.2, -0.15) is 0 Å². The van der Waals surface area contributed by atoms with Gasteiger partial charge in [-0.05, 0) is 91.2 Å². The van der Waals surface area contributed by atoms with Crippen LogP contribution in [-0.2, 0) is 19.8 Å². The van der Waals surface area contributed by atoms with Crippen LogP contribution in [0.15, 0.2) is 12.1 Å². The van der Waals surface area contributed by atoms with Gasteiger partial charge in [0.1, 0.15) is 23.9 Å². The predicted molar refractivity (Wildman–Crippen MR) is 132 cm³/mol. The van der Waals surface area contributed by atoms with Gasteiger partial charge in [0.25, 0.3) is 5.09 Å². The van der Waals surface area contributed by atoms with E-state index in [4.69, 9.17) is 0 Å². The molecule has 2 unspecified atom stereocenters. The Kier molecular flexibility index (Phi) is 5.35. The molecule has 0 spiro atoms. The molecule has 9 nitrogen and oxygen atoms in total. The zero-order chi connectivity index (χ0) is 26.3. The Bertz CT molecular complexity index is 1140. The zero-order valence-electron chi connectivity index (χ0n) is 21.5. The summed E-state index contributed by atoms with van der Waals surface area (Å²) >= 11 is 0. The summed E-state index contributed by atoms with van der Waals surface area (Å²) in [4.78, 5) is 40.9. The first-order valence-corrected chi connectivity index (χ1v) is 13.6. The van der Waals surface area contributed by atoms with Gasteiger partial charge in [0.05, 0.1) is 5.41 Å². The van der Waals surface area contributed by atoms with Crippen LogP contribution < -0.4 is 5.32 Å². The number of ketones is 1. The number of carbonyl (C=O) groups excluding carboxylic acids is 2. The number of rotatable bonds is 7. The molecule has 37 heavy (non-hydrogen) atoms. The molecule has 1 amide bonds. The summed E-state index contributed by atoms with van der Waals surface area (Å²) in [5, 5.41) is 34.9. The van der Waals surface area contributed by atoms with Crippen molar-refractivity contribution >= 4 is 11.7 Å². The second-order valence-electron chi connectivity index (χ2n) is 13.3. The van der Waals surface area contributed by atoms with Crippen LogP contribution in [0.4, 0.5) is 0 Å². The number of hydrogen-bond donors (Lipinski definition) is 3. The van der Waals surface area contributed by atoms with E-state index < -0.39 is 10.5 Å². The molecular formula is C28H36N2O7. The zero-order valence-corrected chi connectivity index (χ0v) is 21.5. The van der Waals surface area contributed by atoms with Crippen molar-refractivity contribution in [2.45, 2.75) is 76.5 Å². The highest BCUT2D eigenvalue weighted by Crippen LogP contribution is 2.67. The van der Waals surface area contributed by atoms with Crippen molar-refractivity contribution < 1.29 is 29.7 Å². The molecule has 1 aromatic rings. The Hall–Kier alpha value is -2.84. The van der Waals surface area contributed by atoms with Gasteiger partial charge in [-0.15, -0.1) is 10.1 Å². The first-order chi connectivity index (χ1) is 17.4. The summed E-state index contributed by atoms with van der Waals surface area (Å²) in [6.45, 7) is 4.13. The topological polar surface area (TPSA) is 139 Å². The summed E-state index contributed by atoms with van der Waals surface area (Å²) in [6, 6.07) is 3.59. The van der Waals surface area contributed by atoms with Gasteiger partial charge >= 0.3 is 0 Å². The first kappa shape index (κ1) is 24.5. The Morgan fingerprint density at radius 1 is 1.14 bits per heavy atom. The van der Waals surface area contributed by atoms with Crippen molar-refractivity contribution in [2.75, 3.05) is 13.2 Å². The predicted octanol–water partition coefficient (Wildman–Crippen LogP) is 3.98. The van der Waals surface area contributed by atoms with E-state index in [2.05, 4.69) is 24.0 Å². The summed E-state index contributed by atoms with van der Waals surface area (Å²) in [5.74, 6) is 1.17. The highest BCUT2D eigenvalue weighted by atomic mass is 16.9. The van der Waals surface area contributed by atoms with E-state index in [1.165, 1.54) is 0 Å². The Morgan fingerprint density at radius 2 is 1.78 bits per heavy atom. The maximum Gasteiger partial charge on any atom is 0.294 e. The lowest BCUT2D eigenvalue weighted by atomic mass is 9.42. The minimum Gasteiger partial charge on any atom is -0.508 e. The number of phenols is 2. The largest absolute Gasteiger partial charge is 0.508 e. The van der Waals surface area contributed by atoms with E-state index >= 15 is 0 Å². The quantitative estimate of drug-likeness (QED) is 0.285. The highest BCUT2D eigenvalue weighted by molar-refractivity contribution is 5.86. The number of aromatic hydroxyl groups is 2. The molecule has 7 aliphatic rings. The van der Waals surface area contributed by atoms with Crippen molar-refractivity contribution in [1.29, 1.82) is 0 Å². The van der Waals surface area contributed by atoms with Gasteiger partial charge in [-0.3, -0.25) is 9.59 Å². The highest BCUT2D eigenvalue weighted by Gasteiger charge is 2.62. The van der Waals surface area contributed by atoms with E-state index in [-0.39, 0.29) is 64.9 Å². The van der Waals surface area contributed by atoms with Gasteiger partial charge in [0.15, 0.2) is 0 Å². The van der Waals surface area contributed by atoms with Crippen LogP contribution in [0.25, 0.3) is 0 Å². The number of Topliss-reactive ketones (excluding diaryl/α,β-unsaturated/α-hetero) is 1. The van der Waals surface area contributed by atoms with Crippen molar-refractivity contribution in [3.05, 3.63) is 33.4 Å². The van der Waals surface area contributed by atoms with Crippen LogP contribution in [0.3, 0.4) is 0 Å². The van der Waals surface area contributed by atoms with Gasteiger partial charge < -0.3 is 20.4 Å². The van der Waals surface area contributed by atoms with Crippen LogP contribution in [0.5, 0.6) is 11.5 Å². The first-order valence-electron chi connectivity index (χ1n) is 13.6. The maximum atomic E-state index is 13.4. The fraction of sp³-hybridized carbons (Fsp3) is 0.714. The molecule has 0 aliphatic heterocycles. The molecule has 6 bridgehead atoms. The van der Waals surface area contributed by atoms with Gasteiger partial charge in [-0.1, -0.05) is 13.8 Å². The molecule has 8 rings (SSSR count). The Labute approximate surface area is 216 Å². The molecule has 200 valence electrons. The molecule has 5 atom stereocenters. The molecular weight excluding hydrogens is 476 g/mol.